The highest BCUT2D eigenvalue weighted by Crippen LogP contribution is 2.30. The van der Waals surface area contributed by atoms with Crippen molar-refractivity contribution in [3.63, 3.8) is 0 Å². The Bertz CT molecular complexity index is 301. The summed E-state index contributed by atoms with van der Waals surface area (Å²) in [4.78, 5) is 16.9. The Balaban J connectivity index is 1.76. The molecule has 0 aromatic rings. The fraction of sp³-hybridized carbons (Fsp3) is 0.938. The van der Waals surface area contributed by atoms with E-state index in [9.17, 15) is 4.79 Å². The Kier molecular flexibility index (Phi) is 6.46. The van der Waals surface area contributed by atoms with E-state index in [-0.39, 0.29) is 12.5 Å². The van der Waals surface area contributed by atoms with Gasteiger partial charge in [0.25, 0.3) is 0 Å². The van der Waals surface area contributed by atoms with Crippen molar-refractivity contribution in [3.8, 4) is 0 Å². The van der Waals surface area contributed by atoms with Crippen molar-refractivity contribution in [1.82, 2.24) is 9.80 Å². The molecule has 0 radical (unpaired) electrons. The lowest BCUT2D eigenvalue weighted by Gasteiger charge is -2.37. The van der Waals surface area contributed by atoms with Crippen LogP contribution in [0.3, 0.4) is 0 Å². The fourth-order valence-electron chi connectivity index (χ4n) is 3.70. The van der Waals surface area contributed by atoms with Crippen LogP contribution in [0.1, 0.15) is 39.0 Å². The lowest BCUT2D eigenvalue weighted by atomic mass is 9.78. The molecule has 2 unspecified atom stereocenters. The lowest BCUT2D eigenvalue weighted by molar-refractivity contribution is -0.126. The summed E-state index contributed by atoms with van der Waals surface area (Å²) in [5, 5.41) is 8.96. The molecule has 20 heavy (non-hydrogen) atoms. The van der Waals surface area contributed by atoms with Gasteiger partial charge in [-0.05, 0) is 18.8 Å². The van der Waals surface area contributed by atoms with E-state index in [0.29, 0.717) is 5.78 Å². The van der Waals surface area contributed by atoms with E-state index in [1.165, 1.54) is 12.8 Å². The quantitative estimate of drug-likeness (QED) is 0.799. The second kappa shape index (κ2) is 8.11. The average molecular weight is 282 g/mol. The summed E-state index contributed by atoms with van der Waals surface area (Å²) < 4.78 is 0. The predicted octanol–water partition coefficient (Wildman–Crippen LogP) is 1.38. The molecular formula is C16H30N2O2. The van der Waals surface area contributed by atoms with Crippen LogP contribution in [-0.4, -0.2) is 66.6 Å². The number of carbonyl (C=O) groups excluding carboxylic acids is 1. The molecule has 2 aliphatic rings. The largest absolute Gasteiger partial charge is 0.395 e. The fourth-order valence-corrected chi connectivity index (χ4v) is 3.70. The summed E-state index contributed by atoms with van der Waals surface area (Å²) in [5.41, 5.74) is 0. The molecular weight excluding hydrogens is 252 g/mol. The lowest BCUT2D eigenvalue weighted by Crippen LogP contribution is -2.49. The van der Waals surface area contributed by atoms with Crippen LogP contribution in [-0.2, 0) is 4.79 Å². The number of piperazine rings is 1. The predicted molar refractivity (Wildman–Crippen MR) is 80.7 cm³/mol. The van der Waals surface area contributed by atoms with Crippen molar-refractivity contribution in [2.45, 2.75) is 39.0 Å². The second-order valence-electron chi connectivity index (χ2n) is 6.46. The third-order valence-electron chi connectivity index (χ3n) is 4.93. The number of β-amino-alcohol motifs (C(OH)–C–C–N with tert-alkyl or cyclic N) is 1. The molecule has 1 aliphatic heterocycles. The van der Waals surface area contributed by atoms with Crippen LogP contribution in [0.4, 0.5) is 0 Å². The van der Waals surface area contributed by atoms with Crippen molar-refractivity contribution < 1.29 is 9.90 Å². The van der Waals surface area contributed by atoms with Crippen LogP contribution in [0.15, 0.2) is 0 Å². The minimum absolute atomic E-state index is 0.250. The Morgan fingerprint density at radius 2 is 1.90 bits per heavy atom. The maximum Gasteiger partial charge on any atom is 0.137 e. The molecule has 1 N–H and O–H groups in total. The molecule has 1 aliphatic carbocycles. The van der Waals surface area contributed by atoms with Gasteiger partial charge in [-0.1, -0.05) is 19.8 Å². The zero-order valence-electron chi connectivity index (χ0n) is 12.9. The molecule has 116 valence electrons. The highest BCUT2D eigenvalue weighted by molar-refractivity contribution is 5.81. The van der Waals surface area contributed by atoms with Crippen LogP contribution >= 0.6 is 0 Å². The van der Waals surface area contributed by atoms with E-state index in [1.54, 1.807) is 0 Å². The van der Waals surface area contributed by atoms with Crippen molar-refractivity contribution in [3.05, 3.63) is 0 Å². The van der Waals surface area contributed by atoms with Crippen LogP contribution in [0.25, 0.3) is 0 Å². The van der Waals surface area contributed by atoms with E-state index in [4.69, 9.17) is 5.11 Å². The summed E-state index contributed by atoms with van der Waals surface area (Å²) in [5.74, 6) is 1.55. The molecule has 1 saturated carbocycles. The van der Waals surface area contributed by atoms with Gasteiger partial charge in [0, 0.05) is 51.6 Å². The summed E-state index contributed by atoms with van der Waals surface area (Å²) in [6.45, 7) is 8.39. The molecule has 2 fully saturated rings. The van der Waals surface area contributed by atoms with E-state index in [2.05, 4.69) is 16.7 Å². The van der Waals surface area contributed by atoms with Gasteiger partial charge in [0.15, 0.2) is 0 Å². The highest BCUT2D eigenvalue weighted by atomic mass is 16.3. The van der Waals surface area contributed by atoms with Crippen molar-refractivity contribution >= 4 is 5.78 Å². The zero-order chi connectivity index (χ0) is 14.4. The molecule has 0 bridgehead atoms. The number of rotatable bonds is 6. The maximum atomic E-state index is 12.1. The van der Waals surface area contributed by atoms with Crippen LogP contribution < -0.4 is 0 Å². The first kappa shape index (κ1) is 15.9. The van der Waals surface area contributed by atoms with Gasteiger partial charge in [-0.15, -0.1) is 0 Å². The van der Waals surface area contributed by atoms with E-state index in [1.807, 2.05) is 0 Å². The highest BCUT2D eigenvalue weighted by Gasteiger charge is 2.30. The first-order chi connectivity index (χ1) is 9.72. The van der Waals surface area contributed by atoms with Gasteiger partial charge >= 0.3 is 0 Å². The number of aliphatic hydroxyl groups is 1. The molecule has 1 saturated heterocycles. The monoisotopic (exact) mass is 282 g/mol. The average Bonchev–Trinajstić information content (AvgIpc) is 2.45. The number of hydrogen-bond acceptors (Lipinski definition) is 4. The summed E-state index contributed by atoms with van der Waals surface area (Å²) in [6.07, 6.45) is 5.57. The van der Waals surface area contributed by atoms with Crippen LogP contribution in [0, 0.1) is 11.8 Å². The first-order valence-corrected chi connectivity index (χ1v) is 8.31. The molecule has 0 amide bonds. The van der Waals surface area contributed by atoms with Gasteiger partial charge in [0.05, 0.1) is 6.61 Å². The van der Waals surface area contributed by atoms with E-state index < -0.39 is 0 Å². The molecule has 1 heterocycles. The summed E-state index contributed by atoms with van der Waals surface area (Å²) in [7, 11) is 0. The van der Waals surface area contributed by atoms with Gasteiger partial charge in [-0.2, -0.15) is 0 Å². The first-order valence-electron chi connectivity index (χ1n) is 8.31. The van der Waals surface area contributed by atoms with Gasteiger partial charge in [0.1, 0.15) is 5.78 Å². The molecule has 4 nitrogen and oxygen atoms in total. The number of hydrogen-bond donors (Lipinski definition) is 1. The normalized spacial score (nSPS) is 29.8. The van der Waals surface area contributed by atoms with Gasteiger partial charge in [-0.25, -0.2) is 0 Å². The van der Waals surface area contributed by atoms with Crippen molar-refractivity contribution in [1.29, 1.82) is 0 Å². The maximum absolute atomic E-state index is 12.1. The molecule has 2 atom stereocenters. The number of carbonyl (C=O) groups is 1. The zero-order valence-corrected chi connectivity index (χ0v) is 12.9. The standard InChI is InChI=1S/C16H30N2O2/c1-2-3-14-4-5-16(20)15(12-14)13-18-8-6-17(7-9-18)10-11-19/h14-15,19H,2-13H2,1H3. The third-order valence-corrected chi connectivity index (χ3v) is 4.93. The number of aliphatic hydroxyl groups excluding tert-OH is 1. The Morgan fingerprint density at radius 1 is 1.20 bits per heavy atom. The van der Waals surface area contributed by atoms with Crippen LogP contribution in [0.2, 0.25) is 0 Å². The van der Waals surface area contributed by atoms with Gasteiger partial charge in [0.2, 0.25) is 0 Å². The Morgan fingerprint density at radius 3 is 2.55 bits per heavy atom. The third kappa shape index (κ3) is 4.54. The Labute approximate surface area is 123 Å². The van der Waals surface area contributed by atoms with E-state index in [0.717, 1.165) is 64.4 Å². The van der Waals surface area contributed by atoms with Crippen LogP contribution in [0.5, 0.6) is 0 Å². The summed E-state index contributed by atoms with van der Waals surface area (Å²) >= 11 is 0. The molecule has 0 spiro atoms. The molecule has 0 aromatic heterocycles. The topological polar surface area (TPSA) is 43.8 Å². The summed E-state index contributed by atoms with van der Waals surface area (Å²) in [6, 6.07) is 0. The van der Waals surface area contributed by atoms with Gasteiger partial charge in [-0.3, -0.25) is 9.69 Å². The molecule has 0 aromatic carbocycles. The van der Waals surface area contributed by atoms with Gasteiger partial charge < -0.3 is 10.0 Å². The molecule has 2 rings (SSSR count). The second-order valence-corrected chi connectivity index (χ2v) is 6.46. The molecule has 4 heteroatoms. The Hall–Kier alpha value is -0.450. The number of ketones is 1. The SMILES string of the molecule is CCCC1CCC(=O)C(CN2CCN(CCO)CC2)C1. The van der Waals surface area contributed by atoms with Crippen molar-refractivity contribution in [2.75, 3.05) is 45.9 Å². The van der Waals surface area contributed by atoms with Crippen molar-refractivity contribution in [2.24, 2.45) is 11.8 Å². The number of nitrogens with zero attached hydrogens (tertiary/aromatic N) is 2. The number of Topliss-reactive ketones (excluding diaryl/α,β-unsaturated/α-hetero) is 1. The van der Waals surface area contributed by atoms with E-state index >= 15 is 0 Å². The smallest absolute Gasteiger partial charge is 0.137 e. The minimum atomic E-state index is 0.250. The minimum Gasteiger partial charge on any atom is -0.395 e.